The molecule has 1 aliphatic heterocycles. The molecule has 25 heavy (non-hydrogen) atoms. The highest BCUT2D eigenvalue weighted by atomic mass is 19.1. The smallest absolute Gasteiger partial charge is 0.404 e. The largest absolute Gasteiger partial charge is 0.465 e. The lowest BCUT2D eigenvalue weighted by Crippen LogP contribution is -2.30. The van der Waals surface area contributed by atoms with E-state index >= 15 is 0 Å². The molecule has 2 amide bonds. The molecule has 6 nitrogen and oxygen atoms in total. The van der Waals surface area contributed by atoms with E-state index in [1.165, 1.54) is 0 Å². The number of rotatable bonds is 7. The van der Waals surface area contributed by atoms with Crippen molar-refractivity contribution in [1.29, 1.82) is 0 Å². The van der Waals surface area contributed by atoms with Crippen LogP contribution in [0.4, 0.5) is 14.9 Å². The van der Waals surface area contributed by atoms with Crippen molar-refractivity contribution in [2.75, 3.05) is 37.6 Å². The van der Waals surface area contributed by atoms with Gasteiger partial charge >= 0.3 is 6.09 Å². The van der Waals surface area contributed by atoms with Gasteiger partial charge in [-0.3, -0.25) is 4.79 Å². The van der Waals surface area contributed by atoms with Crippen LogP contribution >= 0.6 is 0 Å². The van der Waals surface area contributed by atoms with E-state index in [0.29, 0.717) is 43.6 Å². The highest BCUT2D eigenvalue weighted by molar-refractivity contribution is 5.95. The van der Waals surface area contributed by atoms with Gasteiger partial charge in [0.25, 0.3) is 5.91 Å². The highest BCUT2D eigenvalue weighted by Crippen LogP contribution is 2.29. The number of halogens is 1. The van der Waals surface area contributed by atoms with Gasteiger partial charge in [-0.1, -0.05) is 0 Å². The van der Waals surface area contributed by atoms with E-state index in [1.54, 1.807) is 11.0 Å². The van der Waals surface area contributed by atoms with Crippen molar-refractivity contribution in [2.24, 2.45) is 0 Å². The molecule has 0 radical (unpaired) electrons. The van der Waals surface area contributed by atoms with Crippen molar-refractivity contribution in [2.45, 2.75) is 20.3 Å². The van der Waals surface area contributed by atoms with Crippen LogP contribution in [0, 0.1) is 0 Å². The molecule has 0 aromatic heterocycles. The van der Waals surface area contributed by atoms with E-state index in [4.69, 9.17) is 5.11 Å². The van der Waals surface area contributed by atoms with E-state index in [2.05, 4.69) is 5.32 Å². The second-order valence-electron chi connectivity index (χ2n) is 5.92. The van der Waals surface area contributed by atoms with Gasteiger partial charge in [-0.25, -0.2) is 9.18 Å². The van der Waals surface area contributed by atoms with Gasteiger partial charge < -0.3 is 20.2 Å². The lowest BCUT2D eigenvalue weighted by atomic mass is 10.1. The normalized spacial score (nSPS) is 13.6. The summed E-state index contributed by atoms with van der Waals surface area (Å²) in [7, 11) is 0. The quantitative estimate of drug-likeness (QED) is 0.794. The minimum absolute atomic E-state index is 0.0150. The van der Waals surface area contributed by atoms with Gasteiger partial charge in [0.15, 0.2) is 0 Å². The Hall–Kier alpha value is -2.57. The predicted molar refractivity (Wildman–Crippen MR) is 94.8 cm³/mol. The molecule has 0 saturated heterocycles. The minimum atomic E-state index is -1.18. The second kappa shape index (κ2) is 8.50. The highest BCUT2D eigenvalue weighted by Gasteiger charge is 2.22. The second-order valence-corrected chi connectivity index (χ2v) is 5.92. The maximum atomic E-state index is 13.0. The number of benzene rings is 1. The number of nitrogens with zero attached hydrogens (tertiary/aromatic N) is 2. The summed E-state index contributed by atoms with van der Waals surface area (Å²) in [6.07, 6.45) is 0.0491. The van der Waals surface area contributed by atoms with Crippen LogP contribution in [0.2, 0.25) is 0 Å². The standard InChI is InChI=1S/C18H24FN3O3/c1-3-21(4-2)17(23)15-5-6-16-14(9-15)7-8-22(16)12-13(10-19)11-20-18(24)25/h5-6,9-10,20H,3-4,7-8,11-12H2,1-2H3,(H,24,25)/b13-10+. The summed E-state index contributed by atoms with van der Waals surface area (Å²) < 4.78 is 13.0. The summed E-state index contributed by atoms with van der Waals surface area (Å²) in [6.45, 7) is 6.21. The third kappa shape index (κ3) is 4.49. The SMILES string of the molecule is CCN(CC)C(=O)c1ccc2c(c1)CCN2C/C(=C/F)CNC(=O)O. The monoisotopic (exact) mass is 349 g/mol. The van der Waals surface area contributed by atoms with Gasteiger partial charge in [-0.2, -0.15) is 0 Å². The summed E-state index contributed by atoms with van der Waals surface area (Å²) in [5.74, 6) is 0.0150. The van der Waals surface area contributed by atoms with Crippen LogP contribution in [0.1, 0.15) is 29.8 Å². The molecule has 1 aliphatic rings. The predicted octanol–water partition coefficient (Wildman–Crippen LogP) is 2.65. The van der Waals surface area contributed by atoms with Crippen LogP contribution in [-0.4, -0.2) is 54.7 Å². The van der Waals surface area contributed by atoms with Gasteiger partial charge in [-0.15, -0.1) is 0 Å². The average Bonchev–Trinajstić information content (AvgIpc) is 3.01. The van der Waals surface area contributed by atoms with Crippen LogP contribution in [0.3, 0.4) is 0 Å². The van der Waals surface area contributed by atoms with Gasteiger partial charge in [0, 0.05) is 44.0 Å². The number of hydrogen-bond acceptors (Lipinski definition) is 3. The Kier molecular flexibility index (Phi) is 6.38. The molecule has 1 aromatic rings. The summed E-state index contributed by atoms with van der Waals surface area (Å²) >= 11 is 0. The van der Waals surface area contributed by atoms with Crippen molar-refractivity contribution in [3.8, 4) is 0 Å². The zero-order valence-corrected chi connectivity index (χ0v) is 14.6. The zero-order chi connectivity index (χ0) is 18.4. The van der Waals surface area contributed by atoms with E-state index in [-0.39, 0.29) is 12.5 Å². The molecule has 0 aliphatic carbocycles. The van der Waals surface area contributed by atoms with Crippen LogP contribution in [0.5, 0.6) is 0 Å². The molecular formula is C18H24FN3O3. The van der Waals surface area contributed by atoms with Crippen molar-refractivity contribution >= 4 is 17.7 Å². The number of carbonyl (C=O) groups is 2. The fourth-order valence-electron chi connectivity index (χ4n) is 3.02. The van der Waals surface area contributed by atoms with Crippen LogP contribution in [0.25, 0.3) is 0 Å². The Morgan fingerprint density at radius 2 is 2.08 bits per heavy atom. The van der Waals surface area contributed by atoms with Gasteiger partial charge in [0.1, 0.15) is 0 Å². The Morgan fingerprint density at radius 3 is 2.68 bits per heavy atom. The number of carboxylic acid groups (broad SMARTS) is 1. The molecular weight excluding hydrogens is 325 g/mol. The molecule has 1 aromatic carbocycles. The summed E-state index contributed by atoms with van der Waals surface area (Å²) in [5, 5.41) is 10.8. The number of amides is 2. The molecule has 0 atom stereocenters. The molecule has 0 unspecified atom stereocenters. The molecule has 0 spiro atoms. The van der Waals surface area contributed by atoms with Crippen LogP contribution < -0.4 is 10.2 Å². The first-order chi connectivity index (χ1) is 12.0. The van der Waals surface area contributed by atoms with Crippen molar-refractivity contribution in [1.82, 2.24) is 10.2 Å². The molecule has 7 heteroatoms. The minimum Gasteiger partial charge on any atom is -0.465 e. The average molecular weight is 349 g/mol. The maximum Gasteiger partial charge on any atom is 0.404 e. The van der Waals surface area contributed by atoms with Crippen LogP contribution in [0.15, 0.2) is 30.1 Å². The van der Waals surface area contributed by atoms with Gasteiger partial charge in [0.05, 0.1) is 6.33 Å². The third-order valence-corrected chi connectivity index (χ3v) is 4.38. The first-order valence-corrected chi connectivity index (χ1v) is 8.42. The Labute approximate surface area is 146 Å². The Morgan fingerprint density at radius 1 is 1.36 bits per heavy atom. The van der Waals surface area contributed by atoms with Crippen molar-refractivity contribution in [3.63, 3.8) is 0 Å². The molecule has 0 saturated carbocycles. The molecule has 2 N–H and O–H groups in total. The number of anilines is 1. The Bertz CT molecular complexity index is 672. The van der Waals surface area contributed by atoms with E-state index < -0.39 is 6.09 Å². The molecule has 136 valence electrons. The number of fused-ring (bicyclic) bond motifs is 1. The zero-order valence-electron chi connectivity index (χ0n) is 14.6. The molecule has 1 heterocycles. The number of hydrogen-bond donors (Lipinski definition) is 2. The lowest BCUT2D eigenvalue weighted by Gasteiger charge is -2.22. The van der Waals surface area contributed by atoms with Gasteiger partial charge in [-0.05, 0) is 49.6 Å². The van der Waals surface area contributed by atoms with Crippen molar-refractivity contribution < 1.29 is 19.1 Å². The first-order valence-electron chi connectivity index (χ1n) is 8.42. The number of nitrogens with one attached hydrogen (secondary N) is 1. The summed E-state index contributed by atoms with van der Waals surface area (Å²) in [4.78, 5) is 26.8. The molecule has 0 bridgehead atoms. The van der Waals surface area contributed by atoms with Gasteiger partial charge in [0.2, 0.25) is 0 Å². The molecule has 0 fully saturated rings. The maximum absolute atomic E-state index is 13.0. The third-order valence-electron chi connectivity index (χ3n) is 4.38. The number of carbonyl (C=O) groups excluding carboxylic acids is 1. The van der Waals surface area contributed by atoms with Crippen LogP contribution in [-0.2, 0) is 6.42 Å². The first kappa shape index (κ1) is 18.8. The van der Waals surface area contributed by atoms with E-state index in [0.717, 1.165) is 17.7 Å². The van der Waals surface area contributed by atoms with E-state index in [9.17, 15) is 14.0 Å². The Balaban J connectivity index is 2.10. The van der Waals surface area contributed by atoms with E-state index in [1.807, 2.05) is 30.9 Å². The summed E-state index contributed by atoms with van der Waals surface area (Å²) in [5.41, 5.74) is 3.05. The van der Waals surface area contributed by atoms with Crippen molar-refractivity contribution in [3.05, 3.63) is 41.2 Å². The fraction of sp³-hybridized carbons (Fsp3) is 0.444. The molecule has 2 rings (SSSR count). The topological polar surface area (TPSA) is 72.9 Å². The summed E-state index contributed by atoms with van der Waals surface area (Å²) in [6, 6.07) is 5.59. The fourth-order valence-corrected chi connectivity index (χ4v) is 3.02. The lowest BCUT2D eigenvalue weighted by molar-refractivity contribution is 0.0773.